The zero-order valence-electron chi connectivity index (χ0n) is 12.6. The molecule has 6 heteroatoms. The number of amides is 1. The summed E-state index contributed by atoms with van der Waals surface area (Å²) in [7, 11) is 1.53. The van der Waals surface area contributed by atoms with Gasteiger partial charge in [0.1, 0.15) is 10.6 Å². The maximum atomic E-state index is 12.2. The van der Waals surface area contributed by atoms with E-state index in [1.54, 1.807) is 29.6 Å². The van der Waals surface area contributed by atoms with Crippen molar-refractivity contribution in [1.82, 2.24) is 0 Å². The van der Waals surface area contributed by atoms with E-state index in [0.29, 0.717) is 16.3 Å². The van der Waals surface area contributed by atoms with Crippen LogP contribution in [-0.2, 0) is 9.53 Å². The van der Waals surface area contributed by atoms with Crippen LogP contribution in [0.5, 0.6) is 5.75 Å². The van der Waals surface area contributed by atoms with Gasteiger partial charge in [0.15, 0.2) is 6.10 Å². The Bertz CT molecular complexity index is 667. The fraction of sp³-hybridized carbons (Fsp3) is 0.250. The molecule has 1 heterocycles. The third-order valence-electron chi connectivity index (χ3n) is 2.99. The molecule has 0 fully saturated rings. The van der Waals surface area contributed by atoms with Crippen molar-refractivity contribution in [3.63, 3.8) is 0 Å². The highest BCUT2D eigenvalue weighted by Gasteiger charge is 2.20. The van der Waals surface area contributed by atoms with E-state index in [1.807, 2.05) is 13.0 Å². The molecule has 1 N–H and O–H groups in total. The van der Waals surface area contributed by atoms with Crippen LogP contribution in [0, 0.1) is 6.92 Å². The monoisotopic (exact) mass is 319 g/mol. The largest absolute Gasteiger partial charge is 0.495 e. The van der Waals surface area contributed by atoms with Crippen molar-refractivity contribution >= 4 is 28.9 Å². The highest BCUT2D eigenvalue weighted by molar-refractivity contribution is 7.11. The molecule has 1 atom stereocenters. The number of carbonyl (C=O) groups excluding carboxylic acids is 2. The zero-order valence-corrected chi connectivity index (χ0v) is 13.4. The van der Waals surface area contributed by atoms with Crippen LogP contribution in [0.2, 0.25) is 0 Å². The van der Waals surface area contributed by atoms with Gasteiger partial charge in [0.25, 0.3) is 5.91 Å². The number of benzene rings is 1. The molecule has 0 radical (unpaired) electrons. The smallest absolute Gasteiger partial charge is 0.349 e. The van der Waals surface area contributed by atoms with E-state index >= 15 is 0 Å². The standard InChI is InChI=1S/C16H17NO4S/c1-10-6-7-13(20-3)12(9-10)17-15(18)11(2)21-16(19)14-5-4-8-22-14/h4-9,11H,1-3H3,(H,17,18)/t11-/m0/s1. The number of hydrogen-bond donors (Lipinski definition) is 1. The third-order valence-corrected chi connectivity index (χ3v) is 3.84. The number of rotatable bonds is 5. The third kappa shape index (κ3) is 3.85. The fourth-order valence-corrected chi connectivity index (χ4v) is 2.43. The van der Waals surface area contributed by atoms with Crippen LogP contribution in [0.15, 0.2) is 35.7 Å². The van der Waals surface area contributed by atoms with Gasteiger partial charge in [-0.1, -0.05) is 12.1 Å². The van der Waals surface area contributed by atoms with E-state index < -0.39 is 18.0 Å². The molecular weight excluding hydrogens is 302 g/mol. The summed E-state index contributed by atoms with van der Waals surface area (Å²) in [6.45, 7) is 3.44. The van der Waals surface area contributed by atoms with Gasteiger partial charge in [-0.25, -0.2) is 4.79 Å². The summed E-state index contributed by atoms with van der Waals surface area (Å²) in [5.74, 6) is -0.363. The lowest BCUT2D eigenvalue weighted by Crippen LogP contribution is -2.30. The minimum absolute atomic E-state index is 0.409. The first-order chi connectivity index (χ1) is 10.5. The first-order valence-corrected chi connectivity index (χ1v) is 7.59. The number of aryl methyl sites for hydroxylation is 1. The van der Waals surface area contributed by atoms with Gasteiger partial charge in [0, 0.05) is 0 Å². The normalized spacial score (nSPS) is 11.6. The Hall–Kier alpha value is -2.34. The maximum absolute atomic E-state index is 12.2. The number of hydrogen-bond acceptors (Lipinski definition) is 5. The van der Waals surface area contributed by atoms with Gasteiger partial charge in [-0.15, -0.1) is 11.3 Å². The number of ether oxygens (including phenoxy) is 2. The molecule has 2 rings (SSSR count). The molecule has 0 saturated carbocycles. The molecule has 2 aromatic rings. The van der Waals surface area contributed by atoms with E-state index in [1.165, 1.54) is 25.4 Å². The van der Waals surface area contributed by atoms with Crippen LogP contribution in [-0.4, -0.2) is 25.1 Å². The van der Waals surface area contributed by atoms with Crippen molar-refractivity contribution < 1.29 is 19.1 Å². The SMILES string of the molecule is COc1ccc(C)cc1NC(=O)[C@H](C)OC(=O)c1cccs1. The maximum Gasteiger partial charge on any atom is 0.349 e. The highest BCUT2D eigenvalue weighted by Crippen LogP contribution is 2.25. The Morgan fingerprint density at radius 3 is 2.68 bits per heavy atom. The Labute approximate surface area is 132 Å². The first-order valence-electron chi connectivity index (χ1n) is 6.71. The van der Waals surface area contributed by atoms with Crippen molar-refractivity contribution in [2.75, 3.05) is 12.4 Å². The molecule has 5 nitrogen and oxygen atoms in total. The first kappa shape index (κ1) is 16.0. The summed E-state index contributed by atoms with van der Waals surface area (Å²) in [5.41, 5.74) is 1.53. The molecule has 0 saturated heterocycles. The zero-order chi connectivity index (χ0) is 16.1. The second-order valence-electron chi connectivity index (χ2n) is 4.72. The molecular formula is C16H17NO4S. The summed E-state index contributed by atoms with van der Waals surface area (Å²) in [6, 6.07) is 8.86. The van der Waals surface area contributed by atoms with Gasteiger partial charge in [0.05, 0.1) is 12.8 Å². The fourth-order valence-electron chi connectivity index (χ4n) is 1.82. The van der Waals surface area contributed by atoms with E-state index in [0.717, 1.165) is 5.56 Å². The molecule has 116 valence electrons. The summed E-state index contributed by atoms with van der Waals surface area (Å²) in [5, 5.41) is 4.49. The average Bonchev–Trinajstić information content (AvgIpc) is 3.01. The molecule has 0 aliphatic carbocycles. The summed E-state index contributed by atoms with van der Waals surface area (Å²) in [4.78, 5) is 24.5. The van der Waals surface area contributed by atoms with Crippen molar-refractivity contribution in [3.8, 4) is 5.75 Å². The second-order valence-corrected chi connectivity index (χ2v) is 5.67. The van der Waals surface area contributed by atoms with Gasteiger partial charge in [-0.2, -0.15) is 0 Å². The Kier molecular flexibility index (Phi) is 5.16. The Morgan fingerprint density at radius 1 is 1.27 bits per heavy atom. The molecule has 1 aromatic carbocycles. The van der Waals surface area contributed by atoms with Gasteiger partial charge in [-0.05, 0) is 43.0 Å². The molecule has 22 heavy (non-hydrogen) atoms. The van der Waals surface area contributed by atoms with Crippen molar-refractivity contribution in [1.29, 1.82) is 0 Å². The van der Waals surface area contributed by atoms with Gasteiger partial charge >= 0.3 is 5.97 Å². The number of anilines is 1. The van der Waals surface area contributed by atoms with Crippen LogP contribution in [0.3, 0.4) is 0 Å². The number of esters is 1. The van der Waals surface area contributed by atoms with Gasteiger partial charge in [0.2, 0.25) is 0 Å². The number of nitrogens with one attached hydrogen (secondary N) is 1. The van der Waals surface area contributed by atoms with Crippen LogP contribution in [0.1, 0.15) is 22.2 Å². The molecule has 0 spiro atoms. The van der Waals surface area contributed by atoms with Crippen molar-refractivity contribution in [2.45, 2.75) is 20.0 Å². The lowest BCUT2D eigenvalue weighted by atomic mass is 10.2. The van der Waals surface area contributed by atoms with Crippen LogP contribution in [0.4, 0.5) is 5.69 Å². The lowest BCUT2D eigenvalue weighted by Gasteiger charge is -2.15. The quantitative estimate of drug-likeness (QED) is 0.859. The molecule has 0 bridgehead atoms. The van der Waals surface area contributed by atoms with Crippen LogP contribution in [0.25, 0.3) is 0 Å². The number of carbonyl (C=O) groups is 2. The highest BCUT2D eigenvalue weighted by atomic mass is 32.1. The van der Waals surface area contributed by atoms with Crippen LogP contribution < -0.4 is 10.1 Å². The van der Waals surface area contributed by atoms with E-state index in [-0.39, 0.29) is 0 Å². The number of thiophene rings is 1. The van der Waals surface area contributed by atoms with E-state index in [2.05, 4.69) is 5.32 Å². The summed E-state index contributed by atoms with van der Waals surface area (Å²) >= 11 is 1.27. The average molecular weight is 319 g/mol. The second kappa shape index (κ2) is 7.09. The minimum atomic E-state index is -0.903. The topological polar surface area (TPSA) is 64.6 Å². The molecule has 1 amide bonds. The minimum Gasteiger partial charge on any atom is -0.495 e. The van der Waals surface area contributed by atoms with E-state index in [9.17, 15) is 9.59 Å². The Balaban J connectivity index is 2.02. The predicted molar refractivity (Wildman–Crippen MR) is 85.6 cm³/mol. The molecule has 0 aliphatic rings. The van der Waals surface area contributed by atoms with Gasteiger partial charge in [-0.3, -0.25) is 4.79 Å². The van der Waals surface area contributed by atoms with E-state index in [4.69, 9.17) is 9.47 Å². The van der Waals surface area contributed by atoms with Crippen molar-refractivity contribution in [3.05, 3.63) is 46.2 Å². The molecule has 0 aliphatic heterocycles. The Morgan fingerprint density at radius 2 is 2.05 bits per heavy atom. The molecule has 0 unspecified atom stereocenters. The summed E-state index contributed by atoms with van der Waals surface area (Å²) < 4.78 is 10.4. The predicted octanol–water partition coefficient (Wildman–Crippen LogP) is 3.25. The lowest BCUT2D eigenvalue weighted by molar-refractivity contribution is -0.123. The number of methoxy groups -OCH3 is 1. The summed E-state index contributed by atoms with van der Waals surface area (Å²) in [6.07, 6.45) is -0.903. The van der Waals surface area contributed by atoms with Crippen LogP contribution >= 0.6 is 11.3 Å². The van der Waals surface area contributed by atoms with Gasteiger partial charge < -0.3 is 14.8 Å². The van der Waals surface area contributed by atoms with Crippen molar-refractivity contribution in [2.24, 2.45) is 0 Å². The molecule has 1 aromatic heterocycles.